The van der Waals surface area contributed by atoms with E-state index in [1.54, 1.807) is 34.1 Å². The number of aryl methyl sites for hydroxylation is 2. The summed E-state index contributed by atoms with van der Waals surface area (Å²) in [7, 11) is 3.18. The van der Waals surface area contributed by atoms with E-state index in [0.717, 1.165) is 5.56 Å². The normalized spacial score (nSPS) is 10.6. The standard InChI is InChI=1S/C17H17N3O4S/c1-9-15(10(2)24-20-9)16(21)19-17-18-13(8-25-17)12-6-5-11(22-3)7-14(12)23-4/h5-8H,1-4H3,(H,18,19,21). The molecule has 25 heavy (non-hydrogen) atoms. The van der Waals surface area contributed by atoms with Gasteiger partial charge in [-0.1, -0.05) is 5.16 Å². The molecule has 0 aliphatic rings. The van der Waals surface area contributed by atoms with Crippen LogP contribution < -0.4 is 14.8 Å². The van der Waals surface area contributed by atoms with Crippen LogP contribution in [0.15, 0.2) is 28.1 Å². The minimum atomic E-state index is -0.293. The van der Waals surface area contributed by atoms with Crippen molar-refractivity contribution >= 4 is 22.4 Å². The number of hydrogen-bond acceptors (Lipinski definition) is 7. The number of hydrogen-bond donors (Lipinski definition) is 1. The number of ether oxygens (including phenoxy) is 2. The van der Waals surface area contributed by atoms with Crippen LogP contribution in [-0.2, 0) is 0 Å². The van der Waals surface area contributed by atoms with Crippen LogP contribution in [0.3, 0.4) is 0 Å². The lowest BCUT2D eigenvalue weighted by molar-refractivity contribution is 0.102. The number of anilines is 1. The number of benzene rings is 1. The van der Waals surface area contributed by atoms with Crippen molar-refractivity contribution < 1.29 is 18.8 Å². The van der Waals surface area contributed by atoms with Gasteiger partial charge >= 0.3 is 0 Å². The molecule has 0 bridgehead atoms. The molecule has 0 saturated heterocycles. The van der Waals surface area contributed by atoms with Gasteiger partial charge in [-0.3, -0.25) is 10.1 Å². The Labute approximate surface area is 148 Å². The molecule has 0 aliphatic carbocycles. The van der Waals surface area contributed by atoms with Crippen molar-refractivity contribution in [3.63, 3.8) is 0 Å². The molecule has 7 nitrogen and oxygen atoms in total. The monoisotopic (exact) mass is 359 g/mol. The van der Waals surface area contributed by atoms with Crippen LogP contribution in [0, 0.1) is 13.8 Å². The van der Waals surface area contributed by atoms with Crippen molar-refractivity contribution in [2.45, 2.75) is 13.8 Å². The average Bonchev–Trinajstić information content (AvgIpc) is 3.20. The molecule has 1 N–H and O–H groups in total. The number of methoxy groups -OCH3 is 2. The second-order valence-electron chi connectivity index (χ2n) is 5.26. The zero-order valence-corrected chi connectivity index (χ0v) is 15.1. The molecular weight excluding hydrogens is 342 g/mol. The summed E-state index contributed by atoms with van der Waals surface area (Å²) in [6, 6.07) is 5.49. The summed E-state index contributed by atoms with van der Waals surface area (Å²) in [6.07, 6.45) is 0. The summed E-state index contributed by atoms with van der Waals surface area (Å²) in [4.78, 5) is 16.9. The highest BCUT2D eigenvalue weighted by atomic mass is 32.1. The molecule has 0 radical (unpaired) electrons. The van der Waals surface area contributed by atoms with E-state index < -0.39 is 0 Å². The fourth-order valence-electron chi connectivity index (χ4n) is 2.43. The maximum atomic E-state index is 12.4. The largest absolute Gasteiger partial charge is 0.497 e. The minimum absolute atomic E-state index is 0.293. The predicted octanol–water partition coefficient (Wildman–Crippen LogP) is 3.68. The molecule has 8 heteroatoms. The molecule has 130 valence electrons. The van der Waals surface area contributed by atoms with E-state index in [1.165, 1.54) is 11.3 Å². The third-order valence-corrected chi connectivity index (χ3v) is 4.43. The number of aromatic nitrogens is 2. The molecule has 3 aromatic rings. The second-order valence-corrected chi connectivity index (χ2v) is 6.12. The quantitative estimate of drug-likeness (QED) is 0.748. The lowest BCUT2D eigenvalue weighted by Crippen LogP contribution is -2.13. The first-order chi connectivity index (χ1) is 12.0. The van der Waals surface area contributed by atoms with Crippen LogP contribution in [0.4, 0.5) is 5.13 Å². The van der Waals surface area contributed by atoms with Gasteiger partial charge in [0.25, 0.3) is 5.91 Å². The SMILES string of the molecule is COc1ccc(-c2csc(NC(=O)c3c(C)noc3C)n2)c(OC)c1. The first-order valence-corrected chi connectivity index (χ1v) is 8.33. The summed E-state index contributed by atoms with van der Waals surface area (Å²) in [5.74, 6) is 1.53. The highest BCUT2D eigenvalue weighted by Crippen LogP contribution is 2.35. The Hall–Kier alpha value is -2.87. The molecule has 0 saturated carbocycles. The second kappa shape index (κ2) is 6.94. The van der Waals surface area contributed by atoms with E-state index >= 15 is 0 Å². The fraction of sp³-hybridized carbons (Fsp3) is 0.235. The Morgan fingerprint density at radius 2 is 2.04 bits per heavy atom. The van der Waals surface area contributed by atoms with Crippen molar-refractivity contribution in [2.75, 3.05) is 19.5 Å². The lowest BCUT2D eigenvalue weighted by Gasteiger charge is -2.08. The van der Waals surface area contributed by atoms with Crippen LogP contribution >= 0.6 is 11.3 Å². The predicted molar refractivity (Wildman–Crippen MR) is 94.6 cm³/mol. The molecule has 0 unspecified atom stereocenters. The van der Waals surface area contributed by atoms with Gasteiger partial charge in [-0.2, -0.15) is 0 Å². The summed E-state index contributed by atoms with van der Waals surface area (Å²) in [5, 5.41) is 8.91. The number of amides is 1. The molecule has 1 amide bonds. The third-order valence-electron chi connectivity index (χ3n) is 3.67. The Morgan fingerprint density at radius 1 is 1.24 bits per heavy atom. The van der Waals surface area contributed by atoms with Gasteiger partial charge in [0.05, 0.1) is 25.6 Å². The van der Waals surface area contributed by atoms with Gasteiger partial charge in [-0.15, -0.1) is 11.3 Å². The van der Waals surface area contributed by atoms with Gasteiger partial charge in [0, 0.05) is 17.0 Å². The average molecular weight is 359 g/mol. The minimum Gasteiger partial charge on any atom is -0.497 e. The zero-order chi connectivity index (χ0) is 18.0. The van der Waals surface area contributed by atoms with Crippen LogP contribution in [0.2, 0.25) is 0 Å². The van der Waals surface area contributed by atoms with Gasteiger partial charge in [-0.05, 0) is 26.0 Å². The van der Waals surface area contributed by atoms with E-state index in [2.05, 4.69) is 15.5 Å². The number of thiazole rings is 1. The van der Waals surface area contributed by atoms with Crippen molar-refractivity contribution in [3.05, 3.63) is 40.6 Å². The molecule has 2 aromatic heterocycles. The van der Waals surface area contributed by atoms with Gasteiger partial charge in [0.2, 0.25) is 0 Å². The van der Waals surface area contributed by atoms with Gasteiger partial charge < -0.3 is 14.0 Å². The molecule has 2 heterocycles. The lowest BCUT2D eigenvalue weighted by atomic mass is 10.1. The fourth-order valence-corrected chi connectivity index (χ4v) is 3.14. The Kier molecular flexibility index (Phi) is 4.71. The van der Waals surface area contributed by atoms with Crippen molar-refractivity contribution in [2.24, 2.45) is 0 Å². The highest BCUT2D eigenvalue weighted by Gasteiger charge is 2.19. The van der Waals surface area contributed by atoms with Crippen molar-refractivity contribution in [3.8, 4) is 22.8 Å². The number of rotatable bonds is 5. The number of nitrogens with one attached hydrogen (secondary N) is 1. The van der Waals surface area contributed by atoms with Gasteiger partial charge in [0.15, 0.2) is 5.13 Å². The summed E-state index contributed by atoms with van der Waals surface area (Å²) < 4.78 is 15.6. The van der Waals surface area contributed by atoms with E-state index in [0.29, 0.717) is 39.3 Å². The Morgan fingerprint density at radius 3 is 2.68 bits per heavy atom. The maximum Gasteiger partial charge on any atom is 0.262 e. The first-order valence-electron chi connectivity index (χ1n) is 7.45. The molecule has 0 atom stereocenters. The van der Waals surface area contributed by atoms with E-state index in [-0.39, 0.29) is 5.91 Å². The van der Waals surface area contributed by atoms with Crippen molar-refractivity contribution in [1.82, 2.24) is 10.1 Å². The van der Waals surface area contributed by atoms with Gasteiger partial charge in [-0.25, -0.2) is 4.98 Å². The smallest absolute Gasteiger partial charge is 0.262 e. The summed E-state index contributed by atoms with van der Waals surface area (Å²) in [6.45, 7) is 3.42. The van der Waals surface area contributed by atoms with E-state index in [1.807, 2.05) is 17.5 Å². The first kappa shape index (κ1) is 17.0. The van der Waals surface area contributed by atoms with Gasteiger partial charge in [0.1, 0.15) is 22.8 Å². The zero-order valence-electron chi connectivity index (χ0n) is 14.2. The van der Waals surface area contributed by atoms with Crippen LogP contribution in [0.25, 0.3) is 11.3 Å². The van der Waals surface area contributed by atoms with Crippen LogP contribution in [-0.4, -0.2) is 30.3 Å². The number of carbonyl (C=O) groups is 1. The molecule has 0 aliphatic heterocycles. The molecule has 3 rings (SSSR count). The molecule has 1 aromatic carbocycles. The molecule has 0 fully saturated rings. The van der Waals surface area contributed by atoms with Crippen LogP contribution in [0.1, 0.15) is 21.8 Å². The maximum absolute atomic E-state index is 12.4. The topological polar surface area (TPSA) is 86.5 Å². The van der Waals surface area contributed by atoms with Crippen LogP contribution in [0.5, 0.6) is 11.5 Å². The molecular formula is C17H17N3O4S. The molecule has 0 spiro atoms. The van der Waals surface area contributed by atoms with E-state index in [9.17, 15) is 4.79 Å². The Bertz CT molecular complexity index is 897. The summed E-state index contributed by atoms with van der Waals surface area (Å²) >= 11 is 1.33. The summed E-state index contributed by atoms with van der Waals surface area (Å²) in [5.41, 5.74) is 2.50. The van der Waals surface area contributed by atoms with Crippen molar-refractivity contribution in [1.29, 1.82) is 0 Å². The van der Waals surface area contributed by atoms with E-state index in [4.69, 9.17) is 14.0 Å². The Balaban J connectivity index is 1.85. The number of nitrogens with zero attached hydrogens (tertiary/aromatic N) is 2. The highest BCUT2D eigenvalue weighted by molar-refractivity contribution is 7.14. The third kappa shape index (κ3) is 3.34. The number of carbonyl (C=O) groups excluding carboxylic acids is 1.